The summed E-state index contributed by atoms with van der Waals surface area (Å²) in [7, 11) is 0. The van der Waals surface area contributed by atoms with Crippen molar-refractivity contribution in [2.75, 3.05) is 5.32 Å². The molecule has 0 spiro atoms. The van der Waals surface area contributed by atoms with Gasteiger partial charge in [0.25, 0.3) is 0 Å². The summed E-state index contributed by atoms with van der Waals surface area (Å²) in [5.41, 5.74) is 4.41. The summed E-state index contributed by atoms with van der Waals surface area (Å²) in [5, 5.41) is 3.55. The molecule has 3 rings (SSSR count). The summed E-state index contributed by atoms with van der Waals surface area (Å²) in [6.45, 7) is 1.83. The van der Waals surface area contributed by atoms with E-state index in [1.54, 1.807) is 6.07 Å². The molecule has 0 aliphatic heterocycles. The van der Waals surface area contributed by atoms with Gasteiger partial charge in [0.15, 0.2) is 0 Å². The van der Waals surface area contributed by atoms with Crippen LogP contribution in [0, 0.1) is 12.7 Å². The molecule has 1 aliphatic carbocycles. The third-order valence-corrected chi connectivity index (χ3v) is 4.22. The van der Waals surface area contributed by atoms with Gasteiger partial charge in [0.1, 0.15) is 5.82 Å². The van der Waals surface area contributed by atoms with Crippen molar-refractivity contribution in [3.63, 3.8) is 0 Å². The number of hydrogen-bond donors (Lipinski definition) is 1. The normalized spacial score (nSPS) is 18.2. The van der Waals surface area contributed by atoms with E-state index in [4.69, 9.17) is 0 Å². The number of fused-ring (bicyclic) bond motifs is 1. The molecule has 2 heteroatoms. The van der Waals surface area contributed by atoms with Crippen molar-refractivity contribution in [3.05, 3.63) is 65.0 Å². The molecule has 1 N–H and O–H groups in total. The van der Waals surface area contributed by atoms with E-state index in [0.717, 1.165) is 18.5 Å². The van der Waals surface area contributed by atoms with E-state index in [1.807, 2.05) is 13.0 Å². The lowest BCUT2D eigenvalue weighted by Gasteiger charge is -2.22. The van der Waals surface area contributed by atoms with Gasteiger partial charge in [-0.25, -0.2) is 4.39 Å². The molecule has 1 nitrogen and oxygen atoms in total. The zero-order valence-corrected chi connectivity index (χ0v) is 11.8. The van der Waals surface area contributed by atoms with Gasteiger partial charge in [-0.2, -0.15) is 0 Å². The highest BCUT2D eigenvalue weighted by molar-refractivity contribution is 5.53. The van der Waals surface area contributed by atoms with Gasteiger partial charge in [-0.05, 0) is 49.4 Å². The van der Waals surface area contributed by atoms with Crippen molar-refractivity contribution in [3.8, 4) is 0 Å². The van der Waals surface area contributed by atoms with Crippen LogP contribution in [0.25, 0.3) is 0 Å². The number of benzene rings is 2. The van der Waals surface area contributed by atoms with Gasteiger partial charge in [-0.3, -0.25) is 0 Å². The molecule has 0 saturated carbocycles. The van der Waals surface area contributed by atoms with E-state index in [1.165, 1.54) is 30.0 Å². The average molecular weight is 269 g/mol. The first-order valence-corrected chi connectivity index (χ1v) is 7.35. The van der Waals surface area contributed by atoms with Crippen molar-refractivity contribution in [2.45, 2.75) is 38.6 Å². The minimum Gasteiger partial charge on any atom is -0.378 e. The minimum absolute atomic E-state index is 0.142. The molecule has 0 amide bonds. The van der Waals surface area contributed by atoms with Crippen LogP contribution in [-0.4, -0.2) is 0 Å². The van der Waals surface area contributed by atoms with E-state index in [9.17, 15) is 4.39 Å². The maximum absolute atomic E-state index is 13.7. The van der Waals surface area contributed by atoms with Crippen LogP contribution >= 0.6 is 0 Å². The van der Waals surface area contributed by atoms with Crippen LogP contribution in [0.1, 0.15) is 42.0 Å². The van der Waals surface area contributed by atoms with E-state index in [-0.39, 0.29) is 11.9 Å². The second kappa shape index (κ2) is 5.66. The number of hydrogen-bond acceptors (Lipinski definition) is 1. The van der Waals surface area contributed by atoms with Crippen molar-refractivity contribution in [1.29, 1.82) is 0 Å². The molecule has 1 unspecified atom stereocenters. The fourth-order valence-corrected chi connectivity index (χ4v) is 3.02. The van der Waals surface area contributed by atoms with E-state index in [0.29, 0.717) is 5.56 Å². The lowest BCUT2D eigenvalue weighted by molar-refractivity contribution is 0.615. The van der Waals surface area contributed by atoms with Gasteiger partial charge < -0.3 is 5.32 Å². The van der Waals surface area contributed by atoms with Gasteiger partial charge in [0.05, 0.1) is 6.04 Å². The van der Waals surface area contributed by atoms with Gasteiger partial charge in [-0.15, -0.1) is 0 Å². The topological polar surface area (TPSA) is 12.0 Å². The SMILES string of the molecule is Cc1c(F)cccc1NC1CCCCc2ccccc21. The Bertz CT molecular complexity index is 606. The molecule has 0 aromatic heterocycles. The molecule has 104 valence electrons. The fraction of sp³-hybridized carbons (Fsp3) is 0.333. The maximum atomic E-state index is 13.7. The molecule has 0 radical (unpaired) electrons. The second-order valence-electron chi connectivity index (χ2n) is 5.55. The van der Waals surface area contributed by atoms with Crippen molar-refractivity contribution < 1.29 is 4.39 Å². The van der Waals surface area contributed by atoms with Gasteiger partial charge in [0.2, 0.25) is 0 Å². The Balaban J connectivity index is 1.92. The summed E-state index contributed by atoms with van der Waals surface area (Å²) < 4.78 is 13.7. The predicted octanol–water partition coefficient (Wildman–Crippen LogP) is 5.01. The summed E-state index contributed by atoms with van der Waals surface area (Å²) in [6.07, 6.45) is 4.70. The third kappa shape index (κ3) is 2.55. The van der Waals surface area contributed by atoms with Crippen LogP contribution < -0.4 is 5.32 Å². The van der Waals surface area contributed by atoms with Crippen LogP contribution in [0.3, 0.4) is 0 Å². The lowest BCUT2D eigenvalue weighted by atomic mass is 9.98. The Labute approximate surface area is 119 Å². The molecule has 2 aromatic rings. The fourth-order valence-electron chi connectivity index (χ4n) is 3.02. The molecule has 1 aliphatic rings. The van der Waals surface area contributed by atoms with Crippen LogP contribution in [0.5, 0.6) is 0 Å². The Morgan fingerprint density at radius 1 is 1.05 bits per heavy atom. The highest BCUT2D eigenvalue weighted by atomic mass is 19.1. The summed E-state index contributed by atoms with van der Waals surface area (Å²) in [4.78, 5) is 0. The number of anilines is 1. The molecule has 2 aromatic carbocycles. The Hall–Kier alpha value is -1.83. The van der Waals surface area contributed by atoms with E-state index < -0.39 is 0 Å². The zero-order chi connectivity index (χ0) is 13.9. The number of rotatable bonds is 2. The highest BCUT2D eigenvalue weighted by Crippen LogP contribution is 2.32. The van der Waals surface area contributed by atoms with Gasteiger partial charge >= 0.3 is 0 Å². The Morgan fingerprint density at radius 2 is 1.90 bits per heavy atom. The zero-order valence-electron chi connectivity index (χ0n) is 11.8. The van der Waals surface area contributed by atoms with Crippen molar-refractivity contribution >= 4 is 5.69 Å². The maximum Gasteiger partial charge on any atom is 0.128 e. The predicted molar refractivity (Wildman–Crippen MR) is 81.5 cm³/mol. The van der Waals surface area contributed by atoms with Crippen LogP contribution in [0.4, 0.5) is 10.1 Å². The molecular formula is C18H20FN. The standard InChI is InChI=1S/C18H20FN/c1-13-16(19)10-6-12-17(13)20-18-11-5-3-8-14-7-2-4-9-15(14)18/h2,4,6-7,9-10,12,18,20H,3,5,8,11H2,1H3. The minimum atomic E-state index is -0.142. The molecule has 0 heterocycles. The summed E-state index contributed by atoms with van der Waals surface area (Å²) >= 11 is 0. The van der Waals surface area contributed by atoms with Gasteiger partial charge in [0, 0.05) is 11.3 Å². The van der Waals surface area contributed by atoms with Gasteiger partial charge in [-0.1, -0.05) is 36.8 Å². The Kier molecular flexibility index (Phi) is 3.72. The first-order valence-electron chi connectivity index (χ1n) is 7.35. The second-order valence-corrected chi connectivity index (χ2v) is 5.55. The smallest absolute Gasteiger partial charge is 0.128 e. The number of nitrogens with one attached hydrogen (secondary N) is 1. The highest BCUT2D eigenvalue weighted by Gasteiger charge is 2.18. The third-order valence-electron chi connectivity index (χ3n) is 4.22. The molecule has 0 fully saturated rings. The molecule has 20 heavy (non-hydrogen) atoms. The molecule has 0 saturated heterocycles. The van der Waals surface area contributed by atoms with Crippen LogP contribution in [0.15, 0.2) is 42.5 Å². The first kappa shape index (κ1) is 13.2. The Morgan fingerprint density at radius 3 is 2.80 bits per heavy atom. The van der Waals surface area contributed by atoms with E-state index in [2.05, 4.69) is 29.6 Å². The van der Waals surface area contributed by atoms with E-state index >= 15 is 0 Å². The monoisotopic (exact) mass is 269 g/mol. The lowest BCUT2D eigenvalue weighted by Crippen LogP contribution is -2.12. The molecule has 1 atom stereocenters. The average Bonchev–Trinajstić information content (AvgIpc) is 2.67. The van der Waals surface area contributed by atoms with Crippen LogP contribution in [0.2, 0.25) is 0 Å². The largest absolute Gasteiger partial charge is 0.378 e. The molecular weight excluding hydrogens is 249 g/mol. The summed E-state index contributed by atoms with van der Waals surface area (Å²) in [5.74, 6) is -0.142. The first-order chi connectivity index (χ1) is 9.75. The number of aryl methyl sites for hydroxylation is 1. The summed E-state index contributed by atoms with van der Waals surface area (Å²) in [6, 6.07) is 14.2. The number of halogens is 1. The molecule has 0 bridgehead atoms. The van der Waals surface area contributed by atoms with Crippen molar-refractivity contribution in [1.82, 2.24) is 0 Å². The quantitative estimate of drug-likeness (QED) is 0.755. The van der Waals surface area contributed by atoms with Crippen molar-refractivity contribution in [2.24, 2.45) is 0 Å². The van der Waals surface area contributed by atoms with Crippen LogP contribution in [-0.2, 0) is 6.42 Å².